The van der Waals surface area contributed by atoms with Crippen LogP contribution in [0.1, 0.15) is 32.3 Å². The van der Waals surface area contributed by atoms with E-state index < -0.39 is 11.3 Å². The van der Waals surface area contributed by atoms with Crippen LogP contribution >= 0.6 is 15.9 Å². The molecule has 1 aliphatic carbocycles. The summed E-state index contributed by atoms with van der Waals surface area (Å²) >= 11 is 3.39. The standard InChI is InChI=1S/C24H20BrN5O2/c1-23(2)9-17-20(18(31)10-23)24(14-5-3-4-6-16(14)29-22(24)32)15(11-26)21(27)30(17)19-8-7-13(25)12-28-19/h3-8,12H,9-10,27H2,1-2H3,(H,29,32)/t24-/m1/s1. The Balaban J connectivity index is 1.89. The van der Waals surface area contributed by atoms with E-state index in [1.54, 1.807) is 41.4 Å². The van der Waals surface area contributed by atoms with E-state index in [2.05, 4.69) is 32.3 Å². The number of ketones is 1. The van der Waals surface area contributed by atoms with Gasteiger partial charge < -0.3 is 11.1 Å². The second kappa shape index (κ2) is 6.78. The van der Waals surface area contributed by atoms with E-state index >= 15 is 0 Å². The zero-order chi connectivity index (χ0) is 22.8. The summed E-state index contributed by atoms with van der Waals surface area (Å²) in [5.74, 6) is 0.00375. The summed E-state index contributed by atoms with van der Waals surface area (Å²) in [4.78, 5) is 33.4. The van der Waals surface area contributed by atoms with Crippen LogP contribution in [0.25, 0.3) is 0 Å². The van der Waals surface area contributed by atoms with Gasteiger partial charge in [-0.3, -0.25) is 14.5 Å². The Morgan fingerprint density at radius 1 is 1.19 bits per heavy atom. The number of fused-ring (bicyclic) bond motifs is 3. The summed E-state index contributed by atoms with van der Waals surface area (Å²) < 4.78 is 0.788. The number of nitrogens with one attached hydrogen (secondary N) is 1. The van der Waals surface area contributed by atoms with Crippen molar-refractivity contribution in [3.8, 4) is 6.07 Å². The van der Waals surface area contributed by atoms with Gasteiger partial charge in [0.15, 0.2) is 5.78 Å². The topological polar surface area (TPSA) is 112 Å². The molecule has 1 amide bonds. The van der Waals surface area contributed by atoms with Crippen molar-refractivity contribution >= 4 is 39.1 Å². The molecule has 1 spiro atoms. The first kappa shape index (κ1) is 20.5. The fourth-order valence-electron chi connectivity index (χ4n) is 5.14. The lowest BCUT2D eigenvalue weighted by Crippen LogP contribution is -2.52. The fraction of sp³-hybridized carbons (Fsp3) is 0.250. The average molecular weight is 490 g/mol. The number of hydrogen-bond donors (Lipinski definition) is 2. The van der Waals surface area contributed by atoms with E-state index in [0.717, 1.165) is 4.47 Å². The number of nitrogens with two attached hydrogens (primary N) is 1. The second-order valence-electron chi connectivity index (χ2n) is 9.05. The van der Waals surface area contributed by atoms with Gasteiger partial charge in [0.2, 0.25) is 5.91 Å². The highest BCUT2D eigenvalue weighted by Crippen LogP contribution is 2.56. The van der Waals surface area contributed by atoms with Crippen LogP contribution < -0.4 is 16.0 Å². The Labute approximate surface area is 193 Å². The van der Waals surface area contributed by atoms with Gasteiger partial charge >= 0.3 is 0 Å². The number of nitriles is 1. The zero-order valence-electron chi connectivity index (χ0n) is 17.6. The van der Waals surface area contributed by atoms with E-state index in [9.17, 15) is 14.9 Å². The van der Waals surface area contributed by atoms with Gasteiger partial charge in [-0.05, 0) is 46.0 Å². The SMILES string of the molecule is CC1(C)CC(=O)C2=C(C1)N(c1ccc(Br)cn1)C(N)=C(C#N)[C@@]21C(=O)Nc2ccccc21. The van der Waals surface area contributed by atoms with Gasteiger partial charge in [-0.2, -0.15) is 5.26 Å². The number of hydrogen-bond acceptors (Lipinski definition) is 6. The third-order valence-electron chi connectivity index (χ3n) is 6.34. The first-order chi connectivity index (χ1) is 15.2. The molecule has 3 N–H and O–H groups in total. The van der Waals surface area contributed by atoms with Crippen LogP contribution in [0.15, 0.2) is 69.7 Å². The normalized spacial score (nSPS) is 23.8. The summed E-state index contributed by atoms with van der Waals surface area (Å²) in [7, 11) is 0. The number of halogens is 1. The lowest BCUT2D eigenvalue weighted by atomic mass is 9.61. The van der Waals surface area contributed by atoms with Crippen molar-refractivity contribution in [2.24, 2.45) is 11.1 Å². The number of anilines is 2. The lowest BCUT2D eigenvalue weighted by Gasteiger charge is -2.46. The van der Waals surface area contributed by atoms with Crippen molar-refractivity contribution < 1.29 is 9.59 Å². The molecular formula is C24H20BrN5O2. The Hall–Kier alpha value is -3.44. The van der Waals surface area contributed by atoms with Crippen LogP contribution in [0.2, 0.25) is 0 Å². The van der Waals surface area contributed by atoms with E-state index in [-0.39, 0.29) is 29.0 Å². The molecule has 32 heavy (non-hydrogen) atoms. The van der Waals surface area contributed by atoms with Crippen molar-refractivity contribution in [3.63, 3.8) is 0 Å². The highest BCUT2D eigenvalue weighted by atomic mass is 79.9. The van der Waals surface area contributed by atoms with E-state index in [1.165, 1.54) is 0 Å². The van der Waals surface area contributed by atoms with E-state index in [0.29, 0.717) is 34.8 Å². The van der Waals surface area contributed by atoms with Crippen molar-refractivity contribution in [1.29, 1.82) is 5.26 Å². The highest BCUT2D eigenvalue weighted by molar-refractivity contribution is 9.10. The molecule has 2 aromatic rings. The van der Waals surface area contributed by atoms with Gasteiger partial charge in [0, 0.05) is 39.6 Å². The molecule has 3 heterocycles. The first-order valence-electron chi connectivity index (χ1n) is 10.2. The lowest BCUT2D eigenvalue weighted by molar-refractivity contribution is -0.123. The monoisotopic (exact) mass is 489 g/mol. The predicted molar refractivity (Wildman–Crippen MR) is 123 cm³/mol. The number of carbonyl (C=O) groups excluding carboxylic acids is 2. The molecule has 0 bridgehead atoms. The summed E-state index contributed by atoms with van der Waals surface area (Å²) in [6.07, 6.45) is 2.40. The predicted octanol–water partition coefficient (Wildman–Crippen LogP) is 3.89. The van der Waals surface area contributed by atoms with Crippen LogP contribution in [-0.4, -0.2) is 16.7 Å². The van der Waals surface area contributed by atoms with Crippen LogP contribution in [0, 0.1) is 16.7 Å². The van der Waals surface area contributed by atoms with E-state index in [4.69, 9.17) is 5.73 Å². The molecule has 0 saturated carbocycles. The third kappa shape index (κ3) is 2.61. The van der Waals surface area contributed by atoms with Crippen molar-refractivity contribution in [2.45, 2.75) is 32.1 Å². The molecule has 0 radical (unpaired) electrons. The molecule has 0 saturated heterocycles. The largest absolute Gasteiger partial charge is 0.384 e. The Bertz CT molecular complexity index is 1300. The third-order valence-corrected chi connectivity index (χ3v) is 6.81. The Kier molecular flexibility index (Phi) is 4.33. The number of carbonyl (C=O) groups is 2. The van der Waals surface area contributed by atoms with Crippen molar-refractivity contribution in [1.82, 2.24) is 4.98 Å². The Morgan fingerprint density at radius 3 is 2.62 bits per heavy atom. The molecule has 5 rings (SSSR count). The average Bonchev–Trinajstić information content (AvgIpc) is 3.01. The maximum Gasteiger partial charge on any atom is 0.245 e. The van der Waals surface area contributed by atoms with Crippen molar-refractivity contribution in [2.75, 3.05) is 10.2 Å². The molecule has 1 aromatic heterocycles. The number of amides is 1. The number of Topliss-reactive ketones (excluding diaryl/α,β-unsaturated/α-hetero) is 1. The number of pyridine rings is 1. The van der Waals surface area contributed by atoms with Crippen LogP contribution in [0.5, 0.6) is 0 Å². The fourth-order valence-corrected chi connectivity index (χ4v) is 5.37. The van der Waals surface area contributed by atoms with Gasteiger partial charge in [0.05, 0.1) is 5.57 Å². The van der Waals surface area contributed by atoms with Crippen LogP contribution in [0.3, 0.4) is 0 Å². The Morgan fingerprint density at radius 2 is 1.94 bits per heavy atom. The summed E-state index contributed by atoms with van der Waals surface area (Å²) in [6.45, 7) is 4.02. The number of rotatable bonds is 1. The number of para-hydroxylation sites is 1. The minimum atomic E-state index is -1.57. The smallest absolute Gasteiger partial charge is 0.245 e. The minimum absolute atomic E-state index is 0.0384. The van der Waals surface area contributed by atoms with E-state index in [1.807, 2.05) is 19.9 Å². The first-order valence-corrected chi connectivity index (χ1v) is 11.0. The molecule has 0 unspecified atom stereocenters. The molecule has 8 heteroatoms. The zero-order valence-corrected chi connectivity index (χ0v) is 19.2. The van der Waals surface area contributed by atoms with Crippen molar-refractivity contribution in [3.05, 3.63) is 75.3 Å². The quantitative estimate of drug-likeness (QED) is 0.628. The summed E-state index contributed by atoms with van der Waals surface area (Å²) in [6, 6.07) is 12.9. The number of benzene rings is 1. The maximum atomic E-state index is 13.7. The number of nitrogens with zero attached hydrogens (tertiary/aromatic N) is 3. The van der Waals surface area contributed by atoms with Gasteiger partial charge in [-0.1, -0.05) is 32.0 Å². The molecular weight excluding hydrogens is 470 g/mol. The maximum absolute atomic E-state index is 13.7. The van der Waals surface area contributed by atoms with Gasteiger partial charge in [0.1, 0.15) is 23.1 Å². The molecule has 3 aliphatic rings. The van der Waals surface area contributed by atoms with Crippen LogP contribution in [0.4, 0.5) is 11.5 Å². The van der Waals surface area contributed by atoms with Crippen LogP contribution in [-0.2, 0) is 15.0 Å². The molecule has 1 aromatic carbocycles. The second-order valence-corrected chi connectivity index (χ2v) is 9.97. The highest BCUT2D eigenvalue weighted by Gasteiger charge is 2.61. The molecule has 160 valence electrons. The van der Waals surface area contributed by atoms with Gasteiger partial charge in [-0.25, -0.2) is 4.98 Å². The number of allylic oxidation sites excluding steroid dienone is 1. The molecule has 1 atom stereocenters. The summed E-state index contributed by atoms with van der Waals surface area (Å²) in [5.41, 5.74) is 6.84. The van der Waals surface area contributed by atoms with Gasteiger partial charge in [-0.15, -0.1) is 0 Å². The molecule has 2 aliphatic heterocycles. The minimum Gasteiger partial charge on any atom is -0.384 e. The summed E-state index contributed by atoms with van der Waals surface area (Å²) in [5, 5.41) is 13.1. The van der Waals surface area contributed by atoms with Gasteiger partial charge in [0.25, 0.3) is 0 Å². The molecule has 7 nitrogen and oxygen atoms in total. The molecule has 0 fully saturated rings. The number of aromatic nitrogens is 1.